The SMILES string of the molecule is COc1cccc2c(NC(=O)/C=C/c3cccs3)cc(C)nc12. The number of nitrogens with one attached hydrogen (secondary N) is 1. The van der Waals surface area contributed by atoms with E-state index < -0.39 is 0 Å². The van der Waals surface area contributed by atoms with Crippen LogP contribution in [0.4, 0.5) is 5.69 Å². The van der Waals surface area contributed by atoms with E-state index >= 15 is 0 Å². The van der Waals surface area contributed by atoms with Crippen LogP contribution in [0.15, 0.2) is 47.9 Å². The topological polar surface area (TPSA) is 51.2 Å². The van der Waals surface area contributed by atoms with Crippen molar-refractivity contribution in [2.75, 3.05) is 12.4 Å². The Hall–Kier alpha value is -2.66. The molecule has 0 spiro atoms. The third-order valence-corrected chi connectivity index (χ3v) is 4.19. The summed E-state index contributed by atoms with van der Waals surface area (Å²) in [6.07, 6.45) is 3.34. The molecule has 5 heteroatoms. The zero-order valence-corrected chi connectivity index (χ0v) is 13.7. The lowest BCUT2D eigenvalue weighted by atomic mass is 10.1. The summed E-state index contributed by atoms with van der Waals surface area (Å²) in [4.78, 5) is 17.7. The minimum atomic E-state index is -0.173. The smallest absolute Gasteiger partial charge is 0.248 e. The second-order valence-corrected chi connectivity index (χ2v) is 5.98. The number of nitrogens with zero attached hydrogens (tertiary/aromatic N) is 1. The molecule has 23 heavy (non-hydrogen) atoms. The Labute approximate surface area is 138 Å². The van der Waals surface area contributed by atoms with Crippen molar-refractivity contribution in [2.24, 2.45) is 0 Å². The first-order valence-electron chi connectivity index (χ1n) is 7.14. The largest absolute Gasteiger partial charge is 0.494 e. The van der Waals surface area contributed by atoms with Crippen molar-refractivity contribution in [3.8, 4) is 5.75 Å². The zero-order valence-electron chi connectivity index (χ0n) is 12.9. The van der Waals surface area contributed by atoms with E-state index in [0.717, 1.165) is 27.2 Å². The fourth-order valence-corrected chi connectivity index (χ4v) is 2.95. The van der Waals surface area contributed by atoms with E-state index in [-0.39, 0.29) is 5.91 Å². The highest BCUT2D eigenvalue weighted by Crippen LogP contribution is 2.29. The number of aromatic nitrogens is 1. The number of fused-ring (bicyclic) bond motifs is 1. The lowest BCUT2D eigenvalue weighted by Crippen LogP contribution is -2.09. The summed E-state index contributed by atoms with van der Waals surface area (Å²) >= 11 is 1.59. The molecule has 1 amide bonds. The monoisotopic (exact) mass is 324 g/mol. The lowest BCUT2D eigenvalue weighted by molar-refractivity contribution is -0.111. The first kappa shape index (κ1) is 15.2. The maximum Gasteiger partial charge on any atom is 0.248 e. The number of para-hydroxylation sites is 1. The Balaban J connectivity index is 1.92. The van der Waals surface area contributed by atoms with Crippen LogP contribution in [-0.2, 0) is 4.79 Å². The summed E-state index contributed by atoms with van der Waals surface area (Å²) < 4.78 is 5.35. The molecule has 0 saturated heterocycles. The number of methoxy groups -OCH3 is 1. The van der Waals surface area contributed by atoms with E-state index in [1.807, 2.05) is 48.7 Å². The van der Waals surface area contributed by atoms with Gasteiger partial charge in [-0.1, -0.05) is 18.2 Å². The lowest BCUT2D eigenvalue weighted by Gasteiger charge is -2.10. The third kappa shape index (κ3) is 3.40. The number of thiophene rings is 1. The van der Waals surface area contributed by atoms with Gasteiger partial charge in [0.15, 0.2) is 0 Å². The van der Waals surface area contributed by atoms with E-state index in [2.05, 4.69) is 10.3 Å². The van der Waals surface area contributed by atoms with Crippen molar-refractivity contribution in [2.45, 2.75) is 6.92 Å². The summed E-state index contributed by atoms with van der Waals surface area (Å²) in [7, 11) is 1.61. The van der Waals surface area contributed by atoms with E-state index in [1.165, 1.54) is 6.08 Å². The Bertz CT molecular complexity index is 870. The summed E-state index contributed by atoms with van der Waals surface area (Å²) in [5.74, 6) is 0.518. The van der Waals surface area contributed by atoms with Crippen LogP contribution in [-0.4, -0.2) is 18.0 Å². The van der Waals surface area contributed by atoms with Crippen molar-refractivity contribution in [3.05, 3.63) is 58.4 Å². The second kappa shape index (κ2) is 6.62. The predicted molar refractivity (Wildman–Crippen MR) is 95.0 cm³/mol. The van der Waals surface area contributed by atoms with Crippen molar-refractivity contribution in [1.29, 1.82) is 0 Å². The normalized spacial score (nSPS) is 11.0. The molecule has 0 aliphatic carbocycles. The third-order valence-electron chi connectivity index (χ3n) is 3.35. The van der Waals surface area contributed by atoms with E-state index in [4.69, 9.17) is 4.74 Å². The van der Waals surface area contributed by atoms with Gasteiger partial charge in [-0.2, -0.15) is 0 Å². The number of hydrogen-bond donors (Lipinski definition) is 1. The Morgan fingerprint density at radius 2 is 2.17 bits per heavy atom. The van der Waals surface area contributed by atoms with Gasteiger partial charge in [-0.25, -0.2) is 4.98 Å². The van der Waals surface area contributed by atoms with Crippen LogP contribution in [0, 0.1) is 6.92 Å². The molecule has 0 saturated carbocycles. The molecule has 0 aliphatic rings. The van der Waals surface area contributed by atoms with Crippen LogP contribution in [0.1, 0.15) is 10.6 Å². The summed E-state index contributed by atoms with van der Waals surface area (Å²) in [5.41, 5.74) is 2.29. The quantitative estimate of drug-likeness (QED) is 0.729. The molecule has 0 bridgehead atoms. The van der Waals surface area contributed by atoms with Crippen molar-refractivity contribution in [1.82, 2.24) is 4.98 Å². The van der Waals surface area contributed by atoms with Crippen LogP contribution in [0.3, 0.4) is 0 Å². The highest BCUT2D eigenvalue weighted by molar-refractivity contribution is 7.10. The molecule has 116 valence electrons. The van der Waals surface area contributed by atoms with E-state index in [9.17, 15) is 4.79 Å². The van der Waals surface area contributed by atoms with Crippen molar-refractivity contribution < 1.29 is 9.53 Å². The van der Waals surface area contributed by atoms with Gasteiger partial charge in [0, 0.05) is 22.0 Å². The molecule has 2 aromatic heterocycles. The van der Waals surface area contributed by atoms with E-state index in [0.29, 0.717) is 5.75 Å². The Kier molecular flexibility index (Phi) is 4.39. The molecule has 2 heterocycles. The average molecular weight is 324 g/mol. The summed E-state index contributed by atoms with van der Waals surface area (Å²) in [6.45, 7) is 1.89. The van der Waals surface area contributed by atoms with E-state index in [1.54, 1.807) is 24.5 Å². The van der Waals surface area contributed by atoms with Gasteiger partial charge < -0.3 is 10.1 Å². The number of ether oxygens (including phenoxy) is 1. The second-order valence-electron chi connectivity index (χ2n) is 5.01. The molecule has 0 atom stereocenters. The minimum absolute atomic E-state index is 0.173. The van der Waals surface area contributed by atoms with Gasteiger partial charge >= 0.3 is 0 Å². The first-order chi connectivity index (χ1) is 11.2. The maximum absolute atomic E-state index is 12.2. The van der Waals surface area contributed by atoms with Crippen LogP contribution in [0.25, 0.3) is 17.0 Å². The van der Waals surface area contributed by atoms with Gasteiger partial charge in [0.1, 0.15) is 11.3 Å². The summed E-state index contributed by atoms with van der Waals surface area (Å²) in [6, 6.07) is 11.4. The molecule has 0 radical (unpaired) electrons. The fourth-order valence-electron chi connectivity index (χ4n) is 2.34. The van der Waals surface area contributed by atoms with Crippen molar-refractivity contribution in [3.63, 3.8) is 0 Å². The maximum atomic E-state index is 12.2. The number of rotatable bonds is 4. The molecule has 0 unspecified atom stereocenters. The zero-order chi connectivity index (χ0) is 16.2. The number of benzene rings is 1. The first-order valence-corrected chi connectivity index (χ1v) is 8.02. The van der Waals surface area contributed by atoms with Gasteiger partial charge in [-0.05, 0) is 36.6 Å². The molecular weight excluding hydrogens is 308 g/mol. The van der Waals surface area contributed by atoms with Gasteiger partial charge in [-0.3, -0.25) is 4.79 Å². The Morgan fingerprint density at radius 1 is 1.30 bits per heavy atom. The number of carbonyl (C=O) groups excluding carboxylic acids is 1. The fraction of sp³-hybridized carbons (Fsp3) is 0.111. The van der Waals surface area contributed by atoms with Gasteiger partial charge in [-0.15, -0.1) is 11.3 Å². The molecule has 1 aromatic carbocycles. The minimum Gasteiger partial charge on any atom is -0.494 e. The van der Waals surface area contributed by atoms with Crippen LogP contribution < -0.4 is 10.1 Å². The highest BCUT2D eigenvalue weighted by Gasteiger charge is 2.09. The average Bonchev–Trinajstić information content (AvgIpc) is 3.06. The van der Waals surface area contributed by atoms with Gasteiger partial charge in [0.2, 0.25) is 5.91 Å². The molecule has 3 aromatic rings. The van der Waals surface area contributed by atoms with Crippen molar-refractivity contribution >= 4 is 39.9 Å². The number of hydrogen-bond acceptors (Lipinski definition) is 4. The standard InChI is InChI=1S/C18H16N2O2S/c1-12-11-15(14-6-3-7-16(22-2)18(14)19-12)20-17(21)9-8-13-5-4-10-23-13/h3-11H,1-2H3,(H,19,20,21)/b9-8+. The van der Waals surface area contributed by atoms with Crippen LogP contribution in [0.5, 0.6) is 5.75 Å². The molecule has 1 N–H and O–H groups in total. The van der Waals surface area contributed by atoms with Gasteiger partial charge in [0.05, 0.1) is 12.8 Å². The van der Waals surface area contributed by atoms with Gasteiger partial charge in [0.25, 0.3) is 0 Å². The molecule has 3 rings (SSSR count). The number of aryl methyl sites for hydroxylation is 1. The number of carbonyl (C=O) groups is 1. The summed E-state index contributed by atoms with van der Waals surface area (Å²) in [5, 5.41) is 5.75. The molecule has 4 nitrogen and oxygen atoms in total. The predicted octanol–water partition coefficient (Wildman–Crippen LogP) is 4.27. The van der Waals surface area contributed by atoms with Crippen LogP contribution in [0.2, 0.25) is 0 Å². The van der Waals surface area contributed by atoms with Crippen LogP contribution >= 0.6 is 11.3 Å². The number of anilines is 1. The molecule has 0 fully saturated rings. The Morgan fingerprint density at radius 3 is 2.91 bits per heavy atom. The highest BCUT2D eigenvalue weighted by atomic mass is 32.1. The molecular formula is C18H16N2O2S. The molecule has 0 aliphatic heterocycles. The number of pyridine rings is 1. The number of amides is 1.